The van der Waals surface area contributed by atoms with Gasteiger partial charge >= 0.3 is 0 Å². The van der Waals surface area contributed by atoms with Crippen molar-refractivity contribution in [3.63, 3.8) is 0 Å². The van der Waals surface area contributed by atoms with E-state index in [9.17, 15) is 38.4 Å². The molecule has 1 aliphatic heterocycles. The summed E-state index contributed by atoms with van der Waals surface area (Å²) in [6.07, 6.45) is -10.9. The van der Waals surface area contributed by atoms with Crippen molar-refractivity contribution in [2.24, 2.45) is 0 Å². The molecular formula is C23H20Cl2F3N3O7. The molecule has 1 saturated heterocycles. The zero-order chi connectivity index (χ0) is 27.7. The first-order valence-electron chi connectivity index (χ1n) is 10.9. The molecule has 10 nitrogen and oxygen atoms in total. The quantitative estimate of drug-likeness (QED) is 0.288. The number of nitrogens with one attached hydrogen (secondary N) is 1. The normalized spacial score (nSPS) is 23.5. The van der Waals surface area contributed by atoms with Crippen LogP contribution in [0.5, 0.6) is 0 Å². The fourth-order valence-electron chi connectivity index (χ4n) is 3.73. The Morgan fingerprint density at radius 2 is 1.84 bits per heavy atom. The summed E-state index contributed by atoms with van der Waals surface area (Å²) < 4.78 is 46.6. The van der Waals surface area contributed by atoms with Gasteiger partial charge in [0.05, 0.1) is 28.4 Å². The number of halogens is 5. The first kappa shape index (κ1) is 28.1. The van der Waals surface area contributed by atoms with E-state index in [1.165, 1.54) is 24.3 Å². The smallest absolute Gasteiger partial charge is 0.283 e. The van der Waals surface area contributed by atoms with Crippen LogP contribution in [0.4, 0.5) is 18.9 Å². The summed E-state index contributed by atoms with van der Waals surface area (Å²) in [5.74, 6) is -1.70. The van der Waals surface area contributed by atoms with Crippen LogP contribution in [-0.4, -0.2) is 73.6 Å². The van der Waals surface area contributed by atoms with Gasteiger partial charge in [-0.15, -0.1) is 9.94 Å². The topological polar surface area (TPSA) is 146 Å². The Morgan fingerprint density at radius 1 is 1.11 bits per heavy atom. The second-order valence-electron chi connectivity index (χ2n) is 8.21. The summed E-state index contributed by atoms with van der Waals surface area (Å²) in [4.78, 5) is 18.6. The largest absolute Gasteiger partial charge is 0.394 e. The molecule has 3 aromatic rings. The number of aliphatic hydroxyl groups is 4. The third kappa shape index (κ3) is 5.73. The minimum Gasteiger partial charge on any atom is -0.394 e. The molecule has 1 aliphatic rings. The molecule has 4 rings (SSSR count). The number of carbonyl (C=O) groups is 1. The lowest BCUT2D eigenvalue weighted by Gasteiger charge is -2.38. The van der Waals surface area contributed by atoms with Gasteiger partial charge in [0.15, 0.2) is 0 Å². The molecule has 2 aromatic carbocycles. The number of hydrogen-bond acceptors (Lipinski definition) is 8. The molecule has 1 amide bonds. The van der Waals surface area contributed by atoms with Crippen molar-refractivity contribution in [1.29, 1.82) is 0 Å². The summed E-state index contributed by atoms with van der Waals surface area (Å²) in [6, 6.07) is 7.80. The number of ether oxygens (including phenoxy) is 1. The predicted molar refractivity (Wildman–Crippen MR) is 127 cm³/mol. The highest BCUT2D eigenvalue weighted by molar-refractivity contribution is 6.42. The van der Waals surface area contributed by atoms with Gasteiger partial charge in [-0.3, -0.25) is 4.79 Å². The SMILES string of the molecule is O=C(Nc1ccc(F)cc1-c1ccc(Cl)c(Cl)c1)c1cn(O[C@@H]2O[C@H](CO)[C@@H](O)[C@H](O)[C@H]2O)nc1C(F)F. The first-order valence-corrected chi connectivity index (χ1v) is 11.7. The molecule has 38 heavy (non-hydrogen) atoms. The van der Waals surface area contributed by atoms with Crippen molar-refractivity contribution in [3.05, 3.63) is 69.7 Å². The Labute approximate surface area is 222 Å². The lowest BCUT2D eigenvalue weighted by Crippen LogP contribution is -2.61. The van der Waals surface area contributed by atoms with Gasteiger partial charge in [-0.1, -0.05) is 29.3 Å². The van der Waals surface area contributed by atoms with Gasteiger partial charge in [0.25, 0.3) is 18.6 Å². The predicted octanol–water partition coefficient (Wildman–Crippen LogP) is 2.41. The number of anilines is 1. The van der Waals surface area contributed by atoms with E-state index >= 15 is 0 Å². The molecule has 5 atom stereocenters. The fourth-order valence-corrected chi connectivity index (χ4v) is 4.03. The van der Waals surface area contributed by atoms with Crippen LogP contribution in [0.2, 0.25) is 10.0 Å². The Kier molecular flexibility index (Phi) is 8.47. The number of alkyl halides is 2. The van der Waals surface area contributed by atoms with Crippen LogP contribution >= 0.6 is 23.2 Å². The van der Waals surface area contributed by atoms with Gasteiger partial charge < -0.3 is 35.3 Å². The zero-order valence-corrected chi connectivity index (χ0v) is 20.5. The summed E-state index contributed by atoms with van der Waals surface area (Å²) in [5.41, 5.74) is -1.01. The molecule has 0 aliphatic carbocycles. The van der Waals surface area contributed by atoms with Crippen molar-refractivity contribution >= 4 is 34.8 Å². The van der Waals surface area contributed by atoms with E-state index in [4.69, 9.17) is 32.8 Å². The fraction of sp³-hybridized carbons (Fsp3) is 0.304. The lowest BCUT2D eigenvalue weighted by molar-refractivity contribution is -0.303. The summed E-state index contributed by atoms with van der Waals surface area (Å²) in [5, 5.41) is 45.5. The number of benzene rings is 2. The van der Waals surface area contributed by atoms with Gasteiger partial charge in [0.2, 0.25) is 0 Å². The van der Waals surface area contributed by atoms with Crippen LogP contribution in [0.25, 0.3) is 11.1 Å². The van der Waals surface area contributed by atoms with Gasteiger partial charge in [-0.25, -0.2) is 13.2 Å². The van der Waals surface area contributed by atoms with Gasteiger partial charge in [-0.2, -0.15) is 0 Å². The molecule has 1 aromatic heterocycles. The van der Waals surface area contributed by atoms with Crippen molar-refractivity contribution in [3.8, 4) is 11.1 Å². The summed E-state index contributed by atoms with van der Waals surface area (Å²) in [7, 11) is 0. The Hall–Kier alpha value is -2.91. The first-order chi connectivity index (χ1) is 18.0. The van der Waals surface area contributed by atoms with Crippen LogP contribution in [0.15, 0.2) is 42.6 Å². The molecule has 1 fully saturated rings. The Balaban J connectivity index is 1.61. The number of carbonyl (C=O) groups excluding carboxylic acids is 1. The number of amides is 1. The van der Waals surface area contributed by atoms with Crippen LogP contribution in [0.3, 0.4) is 0 Å². The van der Waals surface area contributed by atoms with Crippen LogP contribution in [0.1, 0.15) is 22.5 Å². The minimum atomic E-state index is -3.24. The molecule has 0 unspecified atom stereocenters. The second-order valence-corrected chi connectivity index (χ2v) is 9.02. The van der Waals surface area contributed by atoms with Crippen LogP contribution in [-0.2, 0) is 4.74 Å². The van der Waals surface area contributed by atoms with E-state index < -0.39 is 66.7 Å². The molecule has 204 valence electrons. The molecule has 0 bridgehead atoms. The Bertz CT molecular complexity index is 1330. The average molecular weight is 578 g/mol. The maximum atomic E-state index is 14.0. The van der Waals surface area contributed by atoms with E-state index in [0.717, 1.165) is 18.3 Å². The van der Waals surface area contributed by atoms with Crippen molar-refractivity contribution in [2.75, 3.05) is 11.9 Å². The van der Waals surface area contributed by atoms with E-state index in [0.29, 0.717) is 10.4 Å². The standard InChI is InChI=1S/C23H20Cl2F3N3O7/c24-13-3-1-9(5-14(13)25)11-6-10(26)2-4-15(11)29-22(36)12-7-31(30-17(12)21(27)28)38-23-20(35)19(34)18(33)16(8-32)37-23/h1-7,16,18-21,23,32-35H,8H2,(H,29,36)/t16-,18-,19+,20-,23+/m1/s1. The number of aliphatic hydroxyl groups excluding tert-OH is 4. The van der Waals surface area contributed by atoms with E-state index in [2.05, 4.69) is 10.4 Å². The number of aromatic nitrogens is 2. The minimum absolute atomic E-state index is 0.0533. The molecule has 0 radical (unpaired) electrons. The van der Waals surface area contributed by atoms with Crippen molar-refractivity contribution in [1.82, 2.24) is 9.94 Å². The highest BCUT2D eigenvalue weighted by atomic mass is 35.5. The van der Waals surface area contributed by atoms with E-state index in [1.807, 2.05) is 0 Å². The number of nitrogens with zero attached hydrogens (tertiary/aromatic N) is 2. The van der Waals surface area contributed by atoms with E-state index in [-0.39, 0.29) is 21.3 Å². The highest BCUT2D eigenvalue weighted by Gasteiger charge is 2.45. The summed E-state index contributed by atoms with van der Waals surface area (Å²) >= 11 is 12.0. The Morgan fingerprint density at radius 3 is 2.50 bits per heavy atom. The van der Waals surface area contributed by atoms with Crippen molar-refractivity contribution < 1.29 is 48.0 Å². The van der Waals surface area contributed by atoms with E-state index in [1.54, 1.807) is 0 Å². The second kappa shape index (κ2) is 11.5. The lowest BCUT2D eigenvalue weighted by atomic mass is 9.99. The average Bonchev–Trinajstić information content (AvgIpc) is 3.31. The maximum Gasteiger partial charge on any atom is 0.283 e. The van der Waals surface area contributed by atoms with Crippen LogP contribution in [0, 0.1) is 5.82 Å². The highest BCUT2D eigenvalue weighted by Crippen LogP contribution is 2.34. The van der Waals surface area contributed by atoms with Gasteiger partial charge in [0.1, 0.15) is 35.9 Å². The molecule has 15 heteroatoms. The summed E-state index contributed by atoms with van der Waals surface area (Å²) in [6.45, 7) is -0.751. The van der Waals surface area contributed by atoms with Crippen LogP contribution < -0.4 is 10.2 Å². The molecule has 0 saturated carbocycles. The molecular weight excluding hydrogens is 558 g/mol. The van der Waals surface area contributed by atoms with Gasteiger partial charge in [-0.05, 0) is 35.9 Å². The zero-order valence-electron chi connectivity index (χ0n) is 19.0. The molecule has 0 spiro atoms. The number of rotatable bonds is 7. The monoisotopic (exact) mass is 577 g/mol. The molecule has 2 heterocycles. The third-order valence-electron chi connectivity index (χ3n) is 5.69. The van der Waals surface area contributed by atoms with Crippen molar-refractivity contribution in [2.45, 2.75) is 37.1 Å². The maximum absolute atomic E-state index is 14.0. The molecule has 5 N–H and O–H groups in total. The number of hydrogen-bond donors (Lipinski definition) is 5. The third-order valence-corrected chi connectivity index (χ3v) is 6.43. The van der Waals surface area contributed by atoms with Gasteiger partial charge in [0, 0.05) is 11.3 Å².